The van der Waals surface area contributed by atoms with Gasteiger partial charge in [-0.05, 0) is 25.0 Å². The number of rotatable bonds is 2. The summed E-state index contributed by atoms with van der Waals surface area (Å²) in [6.07, 6.45) is 4.07. The number of fused-ring (bicyclic) bond motifs is 1. The van der Waals surface area contributed by atoms with E-state index in [2.05, 4.69) is 10.2 Å². The molecule has 0 spiro atoms. The molecule has 1 saturated heterocycles. The molecule has 2 heterocycles. The first kappa shape index (κ1) is 14.4. The molecule has 2 unspecified atom stereocenters. The van der Waals surface area contributed by atoms with Crippen LogP contribution in [0.1, 0.15) is 29.6 Å². The van der Waals surface area contributed by atoms with Gasteiger partial charge in [0.25, 0.3) is 5.91 Å². The number of morpholine rings is 1. The van der Waals surface area contributed by atoms with Crippen LogP contribution >= 0.6 is 0 Å². The number of Topliss-reactive ketones (excluding diaryl/α,β-unsaturated/α-hetero) is 1. The van der Waals surface area contributed by atoms with E-state index >= 15 is 0 Å². The lowest BCUT2D eigenvalue weighted by atomic mass is 9.94. The van der Waals surface area contributed by atoms with Crippen LogP contribution < -0.4 is 0 Å². The Hall–Kier alpha value is -2.21. The highest BCUT2D eigenvalue weighted by molar-refractivity contribution is 6.06. The SMILES string of the molecule is O=C1CCCC1C1COCCN1C(=O)c1cccc2[nH]ncc12. The maximum atomic E-state index is 13.1. The van der Waals surface area contributed by atoms with E-state index in [1.54, 1.807) is 6.20 Å². The molecule has 23 heavy (non-hydrogen) atoms. The Balaban J connectivity index is 1.68. The largest absolute Gasteiger partial charge is 0.377 e. The Kier molecular flexibility index (Phi) is 3.61. The van der Waals surface area contributed by atoms with Crippen molar-refractivity contribution in [1.82, 2.24) is 15.1 Å². The summed E-state index contributed by atoms with van der Waals surface area (Å²) in [5.74, 6) is 0.146. The monoisotopic (exact) mass is 313 g/mol. The fourth-order valence-electron chi connectivity index (χ4n) is 3.77. The van der Waals surface area contributed by atoms with Crippen molar-refractivity contribution in [3.63, 3.8) is 0 Å². The third-order valence-electron chi connectivity index (χ3n) is 4.96. The van der Waals surface area contributed by atoms with Crippen LogP contribution in [-0.2, 0) is 9.53 Å². The molecule has 1 aliphatic heterocycles. The molecule has 1 aliphatic carbocycles. The number of benzene rings is 1. The van der Waals surface area contributed by atoms with Crippen molar-refractivity contribution in [2.75, 3.05) is 19.8 Å². The number of amides is 1. The predicted octanol–water partition coefficient (Wildman–Crippen LogP) is 1.77. The van der Waals surface area contributed by atoms with Gasteiger partial charge in [-0.1, -0.05) is 6.07 Å². The number of carbonyl (C=O) groups excluding carboxylic acids is 2. The molecule has 0 radical (unpaired) electrons. The van der Waals surface area contributed by atoms with E-state index in [0.29, 0.717) is 31.7 Å². The number of hydrogen-bond acceptors (Lipinski definition) is 4. The zero-order chi connectivity index (χ0) is 15.8. The number of carbonyl (C=O) groups is 2. The topological polar surface area (TPSA) is 75.3 Å². The number of aromatic amines is 1. The summed E-state index contributed by atoms with van der Waals surface area (Å²) >= 11 is 0. The van der Waals surface area contributed by atoms with Crippen LogP contribution in [0.5, 0.6) is 0 Å². The van der Waals surface area contributed by atoms with Gasteiger partial charge in [-0.3, -0.25) is 14.7 Å². The molecule has 1 aromatic carbocycles. The summed E-state index contributed by atoms with van der Waals surface area (Å²) in [7, 11) is 0. The zero-order valence-electron chi connectivity index (χ0n) is 12.8. The van der Waals surface area contributed by atoms with Crippen molar-refractivity contribution in [3.8, 4) is 0 Å². The summed E-state index contributed by atoms with van der Waals surface area (Å²) in [5.41, 5.74) is 1.48. The third-order valence-corrected chi connectivity index (χ3v) is 4.96. The van der Waals surface area contributed by atoms with Gasteiger partial charge in [0.1, 0.15) is 5.78 Å². The highest BCUT2D eigenvalue weighted by Gasteiger charge is 2.39. The second-order valence-electron chi connectivity index (χ2n) is 6.24. The maximum Gasteiger partial charge on any atom is 0.255 e. The molecule has 120 valence electrons. The molecule has 2 aliphatic rings. The summed E-state index contributed by atoms with van der Waals surface area (Å²) in [4.78, 5) is 27.1. The first-order valence-corrected chi connectivity index (χ1v) is 8.09. The van der Waals surface area contributed by atoms with Gasteiger partial charge in [0.2, 0.25) is 0 Å². The van der Waals surface area contributed by atoms with Crippen LogP contribution in [0, 0.1) is 5.92 Å². The van der Waals surface area contributed by atoms with E-state index in [-0.39, 0.29) is 23.7 Å². The summed E-state index contributed by atoms with van der Waals surface area (Å²) in [6.45, 7) is 1.50. The number of nitrogens with zero attached hydrogens (tertiary/aromatic N) is 2. The second kappa shape index (κ2) is 5.77. The molecule has 4 rings (SSSR count). The van der Waals surface area contributed by atoms with Crippen molar-refractivity contribution in [3.05, 3.63) is 30.0 Å². The van der Waals surface area contributed by atoms with Crippen molar-refractivity contribution in [2.45, 2.75) is 25.3 Å². The van der Waals surface area contributed by atoms with Gasteiger partial charge < -0.3 is 9.64 Å². The average molecular weight is 313 g/mol. The minimum Gasteiger partial charge on any atom is -0.377 e. The first-order valence-electron chi connectivity index (χ1n) is 8.09. The Morgan fingerprint density at radius 1 is 1.39 bits per heavy atom. The predicted molar refractivity (Wildman–Crippen MR) is 84.1 cm³/mol. The van der Waals surface area contributed by atoms with Crippen LogP contribution in [0.4, 0.5) is 0 Å². The molecule has 2 fully saturated rings. The molecule has 1 N–H and O–H groups in total. The standard InChI is InChI=1S/C17H19N3O3/c21-16-6-2-4-12(16)15-10-23-8-7-20(15)17(22)11-3-1-5-14-13(11)9-18-19-14/h1,3,5,9,12,15H,2,4,6-8,10H2,(H,18,19). The van der Waals surface area contributed by atoms with Gasteiger partial charge >= 0.3 is 0 Å². The van der Waals surface area contributed by atoms with Crippen molar-refractivity contribution in [1.29, 1.82) is 0 Å². The van der Waals surface area contributed by atoms with E-state index in [1.165, 1.54) is 0 Å². The Labute approximate surface area is 133 Å². The molecule has 6 heteroatoms. The van der Waals surface area contributed by atoms with E-state index in [1.807, 2.05) is 23.1 Å². The van der Waals surface area contributed by atoms with Gasteiger partial charge in [0.15, 0.2) is 0 Å². The molecule has 1 aromatic heterocycles. The number of ether oxygens (including phenoxy) is 1. The Bertz CT molecular complexity index is 754. The summed E-state index contributed by atoms with van der Waals surface area (Å²) in [6, 6.07) is 5.43. The van der Waals surface area contributed by atoms with Gasteiger partial charge in [-0.2, -0.15) is 5.10 Å². The Morgan fingerprint density at radius 2 is 2.30 bits per heavy atom. The second-order valence-corrected chi connectivity index (χ2v) is 6.24. The number of ketones is 1. The molecule has 2 atom stereocenters. The minimum absolute atomic E-state index is 0.0370. The molecule has 6 nitrogen and oxygen atoms in total. The maximum absolute atomic E-state index is 13.1. The lowest BCUT2D eigenvalue weighted by Gasteiger charge is -2.38. The fourth-order valence-corrected chi connectivity index (χ4v) is 3.77. The quantitative estimate of drug-likeness (QED) is 0.917. The highest BCUT2D eigenvalue weighted by Crippen LogP contribution is 2.30. The van der Waals surface area contributed by atoms with E-state index in [9.17, 15) is 9.59 Å². The Morgan fingerprint density at radius 3 is 3.13 bits per heavy atom. The molecule has 2 aromatic rings. The molecular weight excluding hydrogens is 294 g/mol. The van der Waals surface area contributed by atoms with Gasteiger partial charge in [0.05, 0.1) is 36.5 Å². The highest BCUT2D eigenvalue weighted by atomic mass is 16.5. The number of nitrogens with one attached hydrogen (secondary N) is 1. The summed E-state index contributed by atoms with van der Waals surface area (Å²) < 4.78 is 5.57. The normalized spacial score (nSPS) is 25.2. The van der Waals surface area contributed by atoms with E-state index in [4.69, 9.17) is 4.74 Å². The van der Waals surface area contributed by atoms with Gasteiger partial charge in [-0.15, -0.1) is 0 Å². The average Bonchev–Trinajstić information content (AvgIpc) is 3.22. The first-order chi connectivity index (χ1) is 11.3. The van der Waals surface area contributed by atoms with Crippen molar-refractivity contribution in [2.24, 2.45) is 5.92 Å². The number of aromatic nitrogens is 2. The third kappa shape index (κ3) is 2.43. The minimum atomic E-state index is -0.145. The van der Waals surface area contributed by atoms with Crippen LogP contribution in [0.25, 0.3) is 10.9 Å². The fraction of sp³-hybridized carbons (Fsp3) is 0.471. The molecule has 0 bridgehead atoms. The molecule has 1 saturated carbocycles. The van der Waals surface area contributed by atoms with Crippen LogP contribution in [0.3, 0.4) is 0 Å². The summed E-state index contributed by atoms with van der Waals surface area (Å²) in [5, 5.41) is 7.73. The smallest absolute Gasteiger partial charge is 0.255 e. The van der Waals surface area contributed by atoms with Crippen LogP contribution in [0.15, 0.2) is 24.4 Å². The zero-order valence-corrected chi connectivity index (χ0v) is 12.8. The van der Waals surface area contributed by atoms with Crippen LogP contribution in [0.2, 0.25) is 0 Å². The lowest BCUT2D eigenvalue weighted by molar-refractivity contribution is -0.124. The molecular formula is C17H19N3O3. The van der Waals surface area contributed by atoms with Crippen molar-refractivity contribution < 1.29 is 14.3 Å². The number of H-pyrrole nitrogens is 1. The van der Waals surface area contributed by atoms with Gasteiger partial charge in [0, 0.05) is 24.3 Å². The molecule has 1 amide bonds. The van der Waals surface area contributed by atoms with Crippen LogP contribution in [-0.4, -0.2) is 52.6 Å². The van der Waals surface area contributed by atoms with Gasteiger partial charge in [-0.25, -0.2) is 0 Å². The van der Waals surface area contributed by atoms with E-state index in [0.717, 1.165) is 23.7 Å². The van der Waals surface area contributed by atoms with Crippen molar-refractivity contribution >= 4 is 22.6 Å². The van der Waals surface area contributed by atoms with E-state index < -0.39 is 0 Å². The number of hydrogen-bond donors (Lipinski definition) is 1. The lowest BCUT2D eigenvalue weighted by Crippen LogP contribution is -2.53.